The van der Waals surface area contributed by atoms with E-state index in [1.165, 1.54) is 25.9 Å². The molecular formula is C14H25N3O. The summed E-state index contributed by atoms with van der Waals surface area (Å²) in [4.78, 5) is 14.5. The highest BCUT2D eigenvalue weighted by atomic mass is 16.1. The molecule has 0 aromatic carbocycles. The molecule has 0 saturated carbocycles. The van der Waals surface area contributed by atoms with E-state index in [-0.39, 0.29) is 11.7 Å². The van der Waals surface area contributed by atoms with Crippen molar-refractivity contribution >= 4 is 0 Å². The minimum absolute atomic E-state index is 0.121. The van der Waals surface area contributed by atoms with Crippen LogP contribution in [0.2, 0.25) is 0 Å². The first-order chi connectivity index (χ1) is 8.58. The molecule has 0 spiro atoms. The number of likely N-dealkylation sites (tertiary alicyclic amines) is 1. The van der Waals surface area contributed by atoms with E-state index in [0.29, 0.717) is 0 Å². The first-order valence-electron chi connectivity index (χ1n) is 7.07. The molecule has 0 aliphatic carbocycles. The van der Waals surface area contributed by atoms with Gasteiger partial charge in [0.05, 0.1) is 0 Å². The van der Waals surface area contributed by atoms with Crippen molar-refractivity contribution in [3.63, 3.8) is 0 Å². The van der Waals surface area contributed by atoms with Gasteiger partial charge in [0.25, 0.3) is 0 Å². The summed E-state index contributed by atoms with van der Waals surface area (Å²) in [5.74, 6) is 0.867. The highest BCUT2D eigenvalue weighted by Gasteiger charge is 2.15. The van der Waals surface area contributed by atoms with E-state index in [4.69, 9.17) is 0 Å². The fraction of sp³-hybridized carbons (Fsp3) is 0.786. The highest BCUT2D eigenvalue weighted by molar-refractivity contribution is 4.84. The molecule has 2 heterocycles. The summed E-state index contributed by atoms with van der Waals surface area (Å²) in [5.41, 5.74) is 0.121. The van der Waals surface area contributed by atoms with Crippen LogP contribution in [0.15, 0.2) is 17.2 Å². The van der Waals surface area contributed by atoms with Crippen molar-refractivity contribution in [1.29, 1.82) is 0 Å². The Kier molecular flexibility index (Phi) is 4.27. The number of imidazole rings is 1. The Hall–Kier alpha value is -1.03. The fourth-order valence-electron chi connectivity index (χ4n) is 2.53. The number of hydrogen-bond donors (Lipinski definition) is 0. The van der Waals surface area contributed by atoms with Gasteiger partial charge in [0.2, 0.25) is 0 Å². The summed E-state index contributed by atoms with van der Waals surface area (Å²) in [6, 6.07) is 0.245. The molecule has 0 N–H and O–H groups in total. The van der Waals surface area contributed by atoms with Gasteiger partial charge in [-0.05, 0) is 45.7 Å². The van der Waals surface area contributed by atoms with Gasteiger partial charge in [-0.25, -0.2) is 4.79 Å². The monoisotopic (exact) mass is 251 g/mol. The largest absolute Gasteiger partial charge is 0.328 e. The van der Waals surface area contributed by atoms with Gasteiger partial charge in [-0.3, -0.25) is 9.13 Å². The average molecular weight is 251 g/mol. The SMILES string of the molecule is CC1CCN(CCn2ccn(C(C)C)c2=O)CC1. The van der Waals surface area contributed by atoms with Gasteiger partial charge in [-0.2, -0.15) is 0 Å². The van der Waals surface area contributed by atoms with Crippen LogP contribution in [-0.4, -0.2) is 33.7 Å². The summed E-state index contributed by atoms with van der Waals surface area (Å²) >= 11 is 0. The zero-order valence-electron chi connectivity index (χ0n) is 11.8. The number of piperidine rings is 1. The first-order valence-corrected chi connectivity index (χ1v) is 7.07. The molecule has 1 aromatic heterocycles. The molecule has 4 nitrogen and oxygen atoms in total. The lowest BCUT2D eigenvalue weighted by atomic mass is 9.99. The van der Waals surface area contributed by atoms with Crippen LogP contribution in [0.4, 0.5) is 0 Å². The Morgan fingerprint density at radius 3 is 2.44 bits per heavy atom. The average Bonchev–Trinajstić information content (AvgIpc) is 2.70. The highest BCUT2D eigenvalue weighted by Crippen LogP contribution is 2.15. The number of aromatic nitrogens is 2. The minimum Gasteiger partial charge on any atom is -0.302 e. The molecule has 1 aliphatic rings. The normalized spacial score (nSPS) is 18.7. The number of hydrogen-bond acceptors (Lipinski definition) is 2. The molecule has 0 amide bonds. The van der Waals surface area contributed by atoms with Crippen molar-refractivity contribution in [2.24, 2.45) is 5.92 Å². The molecule has 1 saturated heterocycles. The Morgan fingerprint density at radius 2 is 1.89 bits per heavy atom. The van der Waals surface area contributed by atoms with E-state index in [1.54, 1.807) is 4.57 Å². The topological polar surface area (TPSA) is 30.2 Å². The van der Waals surface area contributed by atoms with E-state index in [1.807, 2.05) is 30.8 Å². The summed E-state index contributed by atoms with van der Waals surface area (Å²) < 4.78 is 3.62. The molecule has 1 aromatic rings. The van der Waals surface area contributed by atoms with Crippen LogP contribution in [-0.2, 0) is 6.54 Å². The van der Waals surface area contributed by atoms with Gasteiger partial charge in [-0.1, -0.05) is 6.92 Å². The lowest BCUT2D eigenvalue weighted by Crippen LogP contribution is -2.37. The molecule has 102 valence electrons. The van der Waals surface area contributed by atoms with Crippen molar-refractivity contribution in [2.45, 2.75) is 46.2 Å². The standard InChI is InChI=1S/C14H25N3O/c1-12(2)17-11-10-16(14(17)18)9-8-15-6-4-13(3)5-7-15/h10-13H,4-9H2,1-3H3. The lowest BCUT2D eigenvalue weighted by Gasteiger charge is -2.30. The molecule has 0 bridgehead atoms. The third-order valence-corrected chi connectivity index (χ3v) is 3.96. The molecule has 18 heavy (non-hydrogen) atoms. The van der Waals surface area contributed by atoms with Gasteiger partial charge in [-0.15, -0.1) is 0 Å². The van der Waals surface area contributed by atoms with Crippen molar-refractivity contribution in [3.05, 3.63) is 22.9 Å². The zero-order chi connectivity index (χ0) is 13.1. The predicted octanol–water partition coefficient (Wildman–Crippen LogP) is 1.96. The maximum absolute atomic E-state index is 12.0. The van der Waals surface area contributed by atoms with E-state index in [0.717, 1.165) is 19.0 Å². The molecule has 0 atom stereocenters. The van der Waals surface area contributed by atoms with Crippen LogP contribution in [0.3, 0.4) is 0 Å². The molecule has 1 aliphatic heterocycles. The van der Waals surface area contributed by atoms with Crippen molar-refractivity contribution in [1.82, 2.24) is 14.0 Å². The summed E-state index contributed by atoms with van der Waals surface area (Å²) in [6.07, 6.45) is 6.39. The summed E-state index contributed by atoms with van der Waals surface area (Å²) in [6.45, 7) is 10.6. The van der Waals surface area contributed by atoms with Crippen molar-refractivity contribution in [2.75, 3.05) is 19.6 Å². The van der Waals surface area contributed by atoms with Crippen LogP contribution in [0.1, 0.15) is 39.7 Å². The zero-order valence-corrected chi connectivity index (χ0v) is 11.8. The Morgan fingerprint density at radius 1 is 1.22 bits per heavy atom. The van der Waals surface area contributed by atoms with E-state index in [2.05, 4.69) is 11.8 Å². The maximum atomic E-state index is 12.0. The minimum atomic E-state index is 0.121. The second-order valence-corrected chi connectivity index (χ2v) is 5.80. The third-order valence-electron chi connectivity index (χ3n) is 3.96. The molecule has 0 radical (unpaired) electrons. The third kappa shape index (κ3) is 3.05. The van der Waals surface area contributed by atoms with E-state index in [9.17, 15) is 4.79 Å². The molecule has 0 unspecified atom stereocenters. The predicted molar refractivity (Wildman–Crippen MR) is 73.9 cm³/mol. The van der Waals surface area contributed by atoms with Gasteiger partial charge < -0.3 is 4.90 Å². The quantitative estimate of drug-likeness (QED) is 0.819. The smallest absolute Gasteiger partial charge is 0.302 e. The molecular weight excluding hydrogens is 226 g/mol. The summed E-state index contributed by atoms with van der Waals surface area (Å²) in [7, 11) is 0. The lowest BCUT2D eigenvalue weighted by molar-refractivity contribution is 0.186. The van der Waals surface area contributed by atoms with Crippen molar-refractivity contribution < 1.29 is 0 Å². The van der Waals surface area contributed by atoms with Gasteiger partial charge in [0, 0.05) is 31.5 Å². The molecule has 4 heteroatoms. The fourth-order valence-corrected chi connectivity index (χ4v) is 2.53. The van der Waals surface area contributed by atoms with E-state index < -0.39 is 0 Å². The second-order valence-electron chi connectivity index (χ2n) is 5.80. The van der Waals surface area contributed by atoms with Gasteiger partial charge in [0.15, 0.2) is 0 Å². The Bertz CT molecular complexity index is 424. The van der Waals surface area contributed by atoms with Crippen LogP contribution in [0.25, 0.3) is 0 Å². The van der Waals surface area contributed by atoms with Gasteiger partial charge in [0.1, 0.15) is 0 Å². The van der Waals surface area contributed by atoms with Crippen LogP contribution in [0.5, 0.6) is 0 Å². The second kappa shape index (κ2) is 5.74. The van der Waals surface area contributed by atoms with Crippen molar-refractivity contribution in [3.8, 4) is 0 Å². The van der Waals surface area contributed by atoms with Crippen LogP contribution < -0.4 is 5.69 Å². The van der Waals surface area contributed by atoms with E-state index >= 15 is 0 Å². The van der Waals surface area contributed by atoms with Crippen LogP contribution in [0, 0.1) is 5.92 Å². The first kappa shape index (κ1) is 13.4. The Balaban J connectivity index is 1.89. The van der Waals surface area contributed by atoms with Crippen LogP contribution >= 0.6 is 0 Å². The number of rotatable bonds is 4. The summed E-state index contributed by atoms with van der Waals surface area (Å²) in [5, 5.41) is 0. The molecule has 2 rings (SSSR count). The molecule has 1 fully saturated rings. The number of nitrogens with zero attached hydrogens (tertiary/aromatic N) is 3. The van der Waals surface area contributed by atoms with Gasteiger partial charge >= 0.3 is 5.69 Å². The Labute approximate surface area is 109 Å². The maximum Gasteiger partial charge on any atom is 0.328 e.